The summed E-state index contributed by atoms with van der Waals surface area (Å²) in [6.45, 7) is 7.79. The van der Waals surface area contributed by atoms with E-state index in [1.165, 1.54) is 11.1 Å². The number of allylic oxidation sites excluding steroid dienone is 11. The highest BCUT2D eigenvalue weighted by molar-refractivity contribution is 5.82. The summed E-state index contributed by atoms with van der Waals surface area (Å²) in [5.41, 5.74) is 6.74. The lowest BCUT2D eigenvalue weighted by Gasteiger charge is -2.02. The van der Waals surface area contributed by atoms with Gasteiger partial charge < -0.3 is 4.98 Å². The van der Waals surface area contributed by atoms with Crippen molar-refractivity contribution in [3.05, 3.63) is 95.4 Å². The quantitative estimate of drug-likeness (QED) is 0.625. The summed E-state index contributed by atoms with van der Waals surface area (Å²) < 4.78 is 12.8. The fourth-order valence-electron chi connectivity index (χ4n) is 2.73. The van der Waals surface area contributed by atoms with Crippen molar-refractivity contribution in [2.45, 2.75) is 26.9 Å². The van der Waals surface area contributed by atoms with Crippen molar-refractivity contribution in [1.82, 2.24) is 9.97 Å². The third-order valence-corrected chi connectivity index (χ3v) is 4.49. The fraction of sp³-hybridized carbons (Fsp3) is 0.174. The van der Waals surface area contributed by atoms with Crippen LogP contribution in [0.2, 0.25) is 0 Å². The summed E-state index contributed by atoms with van der Waals surface area (Å²) >= 11 is 0. The molecule has 0 saturated carbocycles. The van der Waals surface area contributed by atoms with E-state index in [0.717, 1.165) is 34.4 Å². The van der Waals surface area contributed by atoms with Crippen molar-refractivity contribution in [1.29, 1.82) is 0 Å². The number of H-pyrrole nitrogens is 1. The molecule has 0 atom stereocenters. The van der Waals surface area contributed by atoms with Crippen LogP contribution < -0.4 is 0 Å². The second-order valence-electron chi connectivity index (χ2n) is 6.38. The fourth-order valence-corrected chi connectivity index (χ4v) is 2.73. The van der Waals surface area contributed by atoms with Crippen molar-refractivity contribution >= 4 is 16.6 Å². The topological polar surface area (TPSA) is 28.7 Å². The van der Waals surface area contributed by atoms with E-state index in [2.05, 4.69) is 53.9 Å². The smallest absolute Gasteiger partial charge is 0.138 e. The lowest BCUT2D eigenvalue weighted by Crippen LogP contribution is -1.83. The van der Waals surface area contributed by atoms with Gasteiger partial charge >= 0.3 is 0 Å². The molecule has 0 amide bonds. The molecular weight excluding hydrogens is 323 g/mol. The van der Waals surface area contributed by atoms with Crippen LogP contribution in [0.15, 0.2) is 84.0 Å². The minimum absolute atomic E-state index is 0.471. The molecule has 132 valence electrons. The molecule has 0 saturated heterocycles. The lowest BCUT2D eigenvalue weighted by atomic mass is 10.0. The Hall–Kier alpha value is -2.94. The van der Waals surface area contributed by atoms with E-state index in [1.807, 2.05) is 31.2 Å². The number of aromatic nitrogens is 2. The first-order valence-electron chi connectivity index (χ1n) is 8.73. The SMILES string of the molecule is C=C(/C=C\C(C)=C/C)C1=CC=C(c2nc3ccc(CF)cc3[nH]2)C=CC1. The third-order valence-electron chi connectivity index (χ3n) is 4.49. The number of fused-ring (bicyclic) bond motifs is 1. The predicted octanol–water partition coefficient (Wildman–Crippen LogP) is 6.38. The number of hydrogen-bond acceptors (Lipinski definition) is 1. The van der Waals surface area contributed by atoms with E-state index in [1.54, 1.807) is 6.07 Å². The van der Waals surface area contributed by atoms with Gasteiger partial charge in [-0.2, -0.15) is 0 Å². The zero-order valence-electron chi connectivity index (χ0n) is 15.2. The van der Waals surface area contributed by atoms with Crippen LogP contribution in [0.3, 0.4) is 0 Å². The molecule has 2 aromatic rings. The van der Waals surface area contributed by atoms with E-state index >= 15 is 0 Å². The molecule has 0 spiro atoms. The molecule has 0 fully saturated rings. The van der Waals surface area contributed by atoms with Crippen LogP contribution in [0.4, 0.5) is 4.39 Å². The number of rotatable bonds is 5. The van der Waals surface area contributed by atoms with Crippen LogP contribution in [0.5, 0.6) is 0 Å². The summed E-state index contributed by atoms with van der Waals surface area (Å²) in [4.78, 5) is 7.91. The number of aromatic amines is 1. The normalized spacial score (nSPS) is 15.3. The summed E-state index contributed by atoms with van der Waals surface area (Å²) in [5.74, 6) is 0.788. The molecule has 1 aromatic carbocycles. The van der Waals surface area contributed by atoms with Gasteiger partial charge in [0.25, 0.3) is 0 Å². The minimum Gasteiger partial charge on any atom is -0.338 e. The maximum absolute atomic E-state index is 12.8. The van der Waals surface area contributed by atoms with Crippen molar-refractivity contribution in [3.63, 3.8) is 0 Å². The van der Waals surface area contributed by atoms with Crippen LogP contribution in [-0.2, 0) is 6.67 Å². The average Bonchev–Trinajstić information content (AvgIpc) is 2.93. The van der Waals surface area contributed by atoms with Gasteiger partial charge in [0.2, 0.25) is 0 Å². The first kappa shape index (κ1) is 17.9. The summed E-state index contributed by atoms with van der Waals surface area (Å²) in [6, 6.07) is 5.43. The maximum Gasteiger partial charge on any atom is 0.138 e. The summed E-state index contributed by atoms with van der Waals surface area (Å²) in [6.07, 6.45) is 15.3. The monoisotopic (exact) mass is 346 g/mol. The number of nitrogens with zero attached hydrogens (tertiary/aromatic N) is 1. The van der Waals surface area contributed by atoms with Crippen molar-refractivity contribution < 1.29 is 4.39 Å². The standard InChI is InChI=1S/C23H23FN2/c1-4-16(2)8-9-17(3)19-6-5-7-20(12-11-19)23-25-21-13-10-18(15-24)14-22(21)26-23/h4-5,7-14H,3,6,15H2,1-2H3,(H,25,26)/b9-8-,16-4-. The minimum atomic E-state index is -0.471. The van der Waals surface area contributed by atoms with Crippen LogP contribution in [0, 0.1) is 0 Å². The van der Waals surface area contributed by atoms with Gasteiger partial charge in [-0.3, -0.25) is 0 Å². The number of halogens is 1. The Morgan fingerprint density at radius 3 is 2.92 bits per heavy atom. The Balaban J connectivity index is 1.87. The molecule has 0 aliphatic heterocycles. The predicted molar refractivity (Wildman–Crippen MR) is 108 cm³/mol. The highest BCUT2D eigenvalue weighted by Gasteiger charge is 2.08. The molecule has 0 unspecified atom stereocenters. The number of nitrogens with one attached hydrogen (secondary N) is 1. The molecule has 1 aromatic heterocycles. The van der Waals surface area contributed by atoms with Gasteiger partial charge in [0.05, 0.1) is 11.0 Å². The van der Waals surface area contributed by atoms with Crippen molar-refractivity contribution in [3.8, 4) is 0 Å². The Morgan fingerprint density at radius 1 is 1.31 bits per heavy atom. The molecule has 26 heavy (non-hydrogen) atoms. The van der Waals surface area contributed by atoms with Crippen LogP contribution in [0.25, 0.3) is 16.6 Å². The van der Waals surface area contributed by atoms with E-state index in [4.69, 9.17) is 0 Å². The zero-order chi connectivity index (χ0) is 18.5. The molecule has 0 radical (unpaired) electrons. The number of benzene rings is 1. The van der Waals surface area contributed by atoms with Crippen molar-refractivity contribution in [2.75, 3.05) is 0 Å². The van der Waals surface area contributed by atoms with Gasteiger partial charge in [-0.15, -0.1) is 0 Å². The largest absolute Gasteiger partial charge is 0.338 e. The van der Waals surface area contributed by atoms with E-state index < -0.39 is 6.67 Å². The molecule has 3 rings (SSSR count). The van der Waals surface area contributed by atoms with Crippen LogP contribution >= 0.6 is 0 Å². The molecule has 1 aliphatic rings. The molecule has 1 heterocycles. The second-order valence-corrected chi connectivity index (χ2v) is 6.38. The summed E-state index contributed by atoms with van der Waals surface area (Å²) in [7, 11) is 0. The van der Waals surface area contributed by atoms with Crippen LogP contribution in [0.1, 0.15) is 31.7 Å². The molecule has 1 N–H and O–H groups in total. The Labute approximate surface area is 153 Å². The first-order chi connectivity index (χ1) is 12.6. The van der Waals surface area contributed by atoms with Crippen molar-refractivity contribution in [2.24, 2.45) is 0 Å². The van der Waals surface area contributed by atoms with E-state index in [-0.39, 0.29) is 0 Å². The van der Waals surface area contributed by atoms with Gasteiger partial charge in [-0.1, -0.05) is 60.8 Å². The molecule has 2 nitrogen and oxygen atoms in total. The molecule has 1 aliphatic carbocycles. The van der Waals surface area contributed by atoms with Gasteiger partial charge in [0.15, 0.2) is 0 Å². The zero-order valence-corrected chi connectivity index (χ0v) is 15.2. The Morgan fingerprint density at radius 2 is 2.15 bits per heavy atom. The summed E-state index contributed by atoms with van der Waals surface area (Å²) in [5, 5.41) is 0. The van der Waals surface area contributed by atoms with E-state index in [0.29, 0.717) is 5.56 Å². The van der Waals surface area contributed by atoms with Crippen LogP contribution in [-0.4, -0.2) is 9.97 Å². The molecule has 3 heteroatoms. The highest BCUT2D eigenvalue weighted by Crippen LogP contribution is 2.24. The third kappa shape index (κ3) is 3.99. The Bertz CT molecular complexity index is 981. The number of hydrogen-bond donors (Lipinski definition) is 1. The molecule has 0 bridgehead atoms. The second kappa shape index (κ2) is 7.96. The van der Waals surface area contributed by atoms with Gasteiger partial charge in [0, 0.05) is 5.57 Å². The highest BCUT2D eigenvalue weighted by atomic mass is 19.1. The first-order valence-corrected chi connectivity index (χ1v) is 8.73. The van der Waals surface area contributed by atoms with Gasteiger partial charge in [0.1, 0.15) is 12.5 Å². The maximum atomic E-state index is 12.8. The Kier molecular flexibility index (Phi) is 5.47. The number of alkyl halides is 1. The number of imidazole rings is 1. The van der Waals surface area contributed by atoms with E-state index in [9.17, 15) is 4.39 Å². The van der Waals surface area contributed by atoms with Gasteiger partial charge in [-0.05, 0) is 49.1 Å². The average molecular weight is 346 g/mol. The lowest BCUT2D eigenvalue weighted by molar-refractivity contribution is 0.485. The van der Waals surface area contributed by atoms with Gasteiger partial charge in [-0.25, -0.2) is 9.37 Å². The molecular formula is C23H23FN2.